The van der Waals surface area contributed by atoms with E-state index in [1.807, 2.05) is 13.8 Å². The van der Waals surface area contributed by atoms with Gasteiger partial charge in [0.25, 0.3) is 0 Å². The largest absolute Gasteiger partial charge is 0.394 e. The van der Waals surface area contributed by atoms with Gasteiger partial charge in [-0.05, 0) is 19.8 Å². The zero-order valence-corrected chi connectivity index (χ0v) is 30.3. The molecule has 0 aromatic carbocycles. The summed E-state index contributed by atoms with van der Waals surface area (Å²) in [6.07, 6.45) is 21.9. The minimum absolute atomic E-state index is 0.00961. The first-order valence-corrected chi connectivity index (χ1v) is 19.6. The standard InChI is InChI=1S/C38H73NO8/c1-4-5-6-7-8-9-10-11-12-13-14-15-16-17-18-19-20-21-22-23-24-25-29(2)37(45)39-30(3)26-32(41)31(39)28-46-38-36(44)35(43)34(42)33(27-40)47-38/h29-36,38,40-44H,4-28H2,1-3H3. The van der Waals surface area contributed by atoms with Gasteiger partial charge in [0.05, 0.1) is 25.4 Å². The normalized spacial score (nSPS) is 28.6. The number of likely N-dealkylation sites (tertiary alicyclic amines) is 1. The molecule has 0 aromatic heterocycles. The monoisotopic (exact) mass is 672 g/mol. The number of amides is 1. The van der Waals surface area contributed by atoms with Crippen molar-refractivity contribution in [3.63, 3.8) is 0 Å². The van der Waals surface area contributed by atoms with Crippen molar-refractivity contribution in [1.29, 1.82) is 0 Å². The molecule has 9 atom stereocenters. The fraction of sp³-hybridized carbons (Fsp3) is 0.974. The maximum absolute atomic E-state index is 13.4. The molecule has 0 radical (unpaired) electrons. The van der Waals surface area contributed by atoms with Gasteiger partial charge in [0, 0.05) is 12.0 Å². The van der Waals surface area contributed by atoms with E-state index in [1.165, 1.54) is 122 Å². The van der Waals surface area contributed by atoms with Gasteiger partial charge in [0.2, 0.25) is 5.91 Å². The number of aliphatic hydroxyl groups is 5. The summed E-state index contributed by atoms with van der Waals surface area (Å²) in [5.74, 6) is -0.178. The highest BCUT2D eigenvalue weighted by Gasteiger charge is 2.46. The number of hydrogen-bond acceptors (Lipinski definition) is 8. The van der Waals surface area contributed by atoms with Crippen molar-refractivity contribution in [2.45, 2.75) is 217 Å². The average molecular weight is 672 g/mol. The number of hydrogen-bond donors (Lipinski definition) is 5. The molecule has 0 saturated carbocycles. The number of carbonyl (C=O) groups excluding carboxylic acids is 1. The minimum atomic E-state index is -1.54. The number of carbonyl (C=O) groups is 1. The van der Waals surface area contributed by atoms with Gasteiger partial charge < -0.3 is 39.9 Å². The van der Waals surface area contributed by atoms with Crippen LogP contribution < -0.4 is 0 Å². The van der Waals surface area contributed by atoms with Crippen molar-refractivity contribution in [3.8, 4) is 0 Å². The van der Waals surface area contributed by atoms with E-state index < -0.39 is 49.5 Å². The third-order valence-corrected chi connectivity index (χ3v) is 10.6. The lowest BCUT2D eigenvalue weighted by Gasteiger charge is -2.40. The third-order valence-electron chi connectivity index (χ3n) is 10.6. The highest BCUT2D eigenvalue weighted by Crippen LogP contribution is 2.30. The van der Waals surface area contributed by atoms with E-state index in [1.54, 1.807) is 4.90 Å². The maximum Gasteiger partial charge on any atom is 0.226 e. The van der Waals surface area contributed by atoms with Crippen molar-refractivity contribution < 1.29 is 39.8 Å². The molecule has 2 aliphatic rings. The van der Waals surface area contributed by atoms with E-state index in [0.717, 1.165) is 19.3 Å². The lowest BCUT2D eigenvalue weighted by molar-refractivity contribution is -0.303. The van der Waals surface area contributed by atoms with Crippen molar-refractivity contribution in [2.24, 2.45) is 5.92 Å². The zero-order valence-electron chi connectivity index (χ0n) is 30.3. The van der Waals surface area contributed by atoms with E-state index in [4.69, 9.17) is 9.47 Å². The molecule has 9 unspecified atom stereocenters. The second-order valence-electron chi connectivity index (χ2n) is 14.8. The smallest absolute Gasteiger partial charge is 0.226 e. The van der Waals surface area contributed by atoms with Crippen molar-refractivity contribution in [3.05, 3.63) is 0 Å². The lowest BCUT2D eigenvalue weighted by atomic mass is 9.99. The summed E-state index contributed by atoms with van der Waals surface area (Å²) in [6, 6.07) is -0.755. The molecule has 9 nitrogen and oxygen atoms in total. The number of nitrogens with zero attached hydrogens (tertiary/aromatic N) is 1. The van der Waals surface area contributed by atoms with Crippen molar-refractivity contribution >= 4 is 5.91 Å². The lowest BCUT2D eigenvalue weighted by Crippen LogP contribution is -2.59. The van der Waals surface area contributed by atoms with Crippen LogP contribution in [0.1, 0.15) is 168 Å². The van der Waals surface area contributed by atoms with Gasteiger partial charge in [-0.15, -0.1) is 0 Å². The van der Waals surface area contributed by atoms with Gasteiger partial charge in [-0.3, -0.25) is 4.79 Å². The van der Waals surface area contributed by atoms with Crippen molar-refractivity contribution in [2.75, 3.05) is 13.2 Å². The Morgan fingerprint density at radius 3 is 1.62 bits per heavy atom. The molecule has 2 heterocycles. The van der Waals surface area contributed by atoms with Gasteiger partial charge in [0.15, 0.2) is 6.29 Å². The van der Waals surface area contributed by atoms with Gasteiger partial charge in [-0.1, -0.05) is 149 Å². The summed E-state index contributed by atoms with van der Waals surface area (Å²) >= 11 is 0. The molecular weight excluding hydrogens is 598 g/mol. The Morgan fingerprint density at radius 2 is 1.17 bits per heavy atom. The summed E-state index contributed by atoms with van der Waals surface area (Å²) in [6.45, 7) is 5.51. The summed E-state index contributed by atoms with van der Waals surface area (Å²) in [7, 11) is 0. The predicted molar refractivity (Wildman–Crippen MR) is 187 cm³/mol. The first kappa shape index (κ1) is 42.4. The first-order chi connectivity index (χ1) is 22.7. The molecule has 2 aliphatic heterocycles. The molecule has 0 bridgehead atoms. The SMILES string of the molecule is CCCCCCCCCCCCCCCCCCCCCCCC(C)C(=O)N1C(C)CC(O)C1COC1OC(CO)C(O)C(O)C1O. The van der Waals surface area contributed by atoms with Crippen molar-refractivity contribution in [1.82, 2.24) is 4.90 Å². The highest BCUT2D eigenvalue weighted by molar-refractivity contribution is 5.79. The van der Waals surface area contributed by atoms with E-state index >= 15 is 0 Å². The minimum Gasteiger partial charge on any atom is -0.394 e. The second kappa shape index (κ2) is 25.2. The Hall–Kier alpha value is -0.810. The zero-order chi connectivity index (χ0) is 34.4. The Bertz CT molecular complexity index is 785. The first-order valence-electron chi connectivity index (χ1n) is 19.6. The summed E-state index contributed by atoms with van der Waals surface area (Å²) < 4.78 is 11.1. The molecule has 9 heteroatoms. The topological polar surface area (TPSA) is 140 Å². The van der Waals surface area contributed by atoms with E-state index in [0.29, 0.717) is 6.42 Å². The molecule has 0 spiro atoms. The van der Waals surface area contributed by atoms with Gasteiger partial charge in [-0.25, -0.2) is 0 Å². The van der Waals surface area contributed by atoms with Gasteiger partial charge in [0.1, 0.15) is 24.4 Å². The Kier molecular flexibility index (Phi) is 22.7. The van der Waals surface area contributed by atoms with Crippen LogP contribution in [0.25, 0.3) is 0 Å². The Balaban J connectivity index is 1.49. The Labute approximate surface area is 286 Å². The van der Waals surface area contributed by atoms with Gasteiger partial charge in [-0.2, -0.15) is 0 Å². The molecule has 278 valence electrons. The van der Waals surface area contributed by atoms with E-state index in [-0.39, 0.29) is 24.5 Å². The summed E-state index contributed by atoms with van der Waals surface area (Å²) in [5, 5.41) is 50.4. The molecule has 47 heavy (non-hydrogen) atoms. The number of ether oxygens (including phenoxy) is 2. The fourth-order valence-electron chi connectivity index (χ4n) is 7.36. The number of aliphatic hydroxyl groups excluding tert-OH is 5. The number of unbranched alkanes of at least 4 members (excludes halogenated alkanes) is 20. The predicted octanol–water partition coefficient (Wildman–Crippen LogP) is 6.39. The summed E-state index contributed by atoms with van der Waals surface area (Å²) in [5.41, 5.74) is 0. The molecule has 2 rings (SSSR count). The molecule has 2 fully saturated rings. The van der Waals surface area contributed by atoms with Gasteiger partial charge >= 0.3 is 0 Å². The second-order valence-corrected chi connectivity index (χ2v) is 14.8. The highest BCUT2D eigenvalue weighted by atomic mass is 16.7. The quantitative estimate of drug-likeness (QED) is 0.0633. The molecule has 1 amide bonds. The van der Waals surface area contributed by atoms with E-state index in [2.05, 4.69) is 6.92 Å². The average Bonchev–Trinajstić information content (AvgIpc) is 3.35. The molecule has 0 aromatic rings. The van der Waals surface area contributed by atoms with Crippen LogP contribution >= 0.6 is 0 Å². The maximum atomic E-state index is 13.4. The van der Waals surface area contributed by atoms with Crippen LogP contribution in [0, 0.1) is 5.92 Å². The fourth-order valence-corrected chi connectivity index (χ4v) is 7.36. The Morgan fingerprint density at radius 1 is 0.723 bits per heavy atom. The molecule has 0 aliphatic carbocycles. The van der Waals surface area contributed by atoms with Crippen LogP contribution in [0.3, 0.4) is 0 Å². The number of rotatable bonds is 27. The molecule has 2 saturated heterocycles. The van der Waals surface area contributed by atoms with Crippen LogP contribution in [-0.4, -0.2) is 98.4 Å². The van der Waals surface area contributed by atoms with Crippen LogP contribution in [0.2, 0.25) is 0 Å². The van der Waals surface area contributed by atoms with Crippen LogP contribution in [0.15, 0.2) is 0 Å². The van der Waals surface area contributed by atoms with Crippen LogP contribution in [-0.2, 0) is 14.3 Å². The van der Waals surface area contributed by atoms with E-state index in [9.17, 15) is 30.3 Å². The summed E-state index contributed by atoms with van der Waals surface area (Å²) in [4.78, 5) is 15.1. The van der Waals surface area contributed by atoms with Crippen LogP contribution in [0.5, 0.6) is 0 Å². The molecule has 5 N–H and O–H groups in total. The molecular formula is C38H73NO8. The third kappa shape index (κ3) is 15.7. The van der Waals surface area contributed by atoms with Crippen LogP contribution in [0.4, 0.5) is 0 Å².